The topological polar surface area (TPSA) is 0 Å². The summed E-state index contributed by atoms with van der Waals surface area (Å²) in [6.45, 7) is 0. The summed E-state index contributed by atoms with van der Waals surface area (Å²) in [5, 5.41) is 0. The van der Waals surface area contributed by atoms with Gasteiger partial charge in [-0.2, -0.15) is 114 Å². The molecule has 0 spiro atoms. The third-order valence-corrected chi connectivity index (χ3v) is 7.33. The average Bonchev–Trinajstić information content (AvgIpc) is 2.77. The Bertz CT molecular complexity index is 1160. The van der Waals surface area contributed by atoms with Crippen LogP contribution in [-0.4, -0.2) is 88.8 Å². The fourth-order valence-electron chi connectivity index (χ4n) is 5.35. The van der Waals surface area contributed by atoms with Crippen molar-refractivity contribution in [1.29, 1.82) is 0 Å². The highest BCUT2D eigenvalue weighted by Crippen LogP contribution is 2.89. The van der Waals surface area contributed by atoms with Crippen LogP contribution in [0, 0.1) is 5.41 Å². The molecular formula is C16F30. The van der Waals surface area contributed by atoms with Crippen molar-refractivity contribution in [3.63, 3.8) is 0 Å². The summed E-state index contributed by atoms with van der Waals surface area (Å²) >= 11 is 0. The molecule has 0 aromatic rings. The van der Waals surface area contributed by atoms with Gasteiger partial charge in [-0.1, -0.05) is 0 Å². The molecule has 0 bridgehead atoms. The van der Waals surface area contributed by atoms with Crippen LogP contribution in [0.1, 0.15) is 0 Å². The molecule has 0 aromatic carbocycles. The molecule has 274 valence electrons. The minimum absolute atomic E-state index is 9.39. The van der Waals surface area contributed by atoms with Crippen molar-refractivity contribution < 1.29 is 132 Å². The van der Waals surface area contributed by atoms with Crippen molar-refractivity contribution in [2.45, 2.75) is 88.8 Å². The van der Waals surface area contributed by atoms with Gasteiger partial charge in [-0.15, -0.1) is 0 Å². The van der Waals surface area contributed by atoms with E-state index < -0.39 is 94.3 Å². The number of rotatable bonds is 2. The van der Waals surface area contributed by atoms with Gasteiger partial charge in [0.1, 0.15) is 0 Å². The quantitative estimate of drug-likeness (QED) is 0.246. The second kappa shape index (κ2) is 8.54. The van der Waals surface area contributed by atoms with Gasteiger partial charge in [0.15, 0.2) is 5.41 Å². The maximum atomic E-state index is 16.1. The molecule has 0 aliphatic heterocycles. The summed E-state index contributed by atoms with van der Waals surface area (Å²) < 4.78 is 426. The van der Waals surface area contributed by atoms with Crippen LogP contribution in [0.4, 0.5) is 132 Å². The zero-order valence-electron chi connectivity index (χ0n) is 19.3. The predicted molar refractivity (Wildman–Crippen MR) is 76.6 cm³/mol. The van der Waals surface area contributed by atoms with E-state index in [1.807, 2.05) is 0 Å². The smallest absolute Gasteiger partial charge is 0.232 e. The van der Waals surface area contributed by atoms with E-state index in [-0.39, 0.29) is 0 Å². The lowest BCUT2D eigenvalue weighted by atomic mass is 9.38. The fourth-order valence-corrected chi connectivity index (χ4v) is 5.35. The molecule has 0 aromatic heterocycles. The van der Waals surface area contributed by atoms with Crippen LogP contribution in [0.3, 0.4) is 0 Å². The van der Waals surface area contributed by atoms with Crippen LogP contribution in [0.5, 0.6) is 0 Å². The molecule has 2 saturated carbocycles. The summed E-state index contributed by atoms with van der Waals surface area (Å²) in [5.74, 6) is -70.4. The lowest BCUT2D eigenvalue weighted by molar-refractivity contribution is -0.600. The fraction of sp³-hybridized carbons (Fsp3) is 1.00. The van der Waals surface area contributed by atoms with Crippen molar-refractivity contribution in [2.75, 3.05) is 0 Å². The zero-order valence-corrected chi connectivity index (χ0v) is 19.3. The van der Waals surface area contributed by atoms with E-state index >= 15 is 26.3 Å². The van der Waals surface area contributed by atoms with E-state index in [1.165, 1.54) is 0 Å². The molecule has 2 aliphatic carbocycles. The first-order valence-electron chi connectivity index (χ1n) is 9.92. The Morgan fingerprint density at radius 1 is 0.217 bits per heavy atom. The van der Waals surface area contributed by atoms with Crippen LogP contribution in [0.25, 0.3) is 0 Å². The molecule has 0 saturated heterocycles. The molecule has 0 nitrogen and oxygen atoms in total. The first kappa shape index (κ1) is 40.1. The Morgan fingerprint density at radius 2 is 0.391 bits per heavy atom. The highest BCUT2D eigenvalue weighted by atomic mass is 19.4. The van der Waals surface area contributed by atoms with Gasteiger partial charge in [-0.25, -0.2) is 17.6 Å². The second-order valence-corrected chi connectivity index (χ2v) is 9.40. The van der Waals surface area contributed by atoms with E-state index in [2.05, 4.69) is 0 Å². The van der Waals surface area contributed by atoms with Crippen LogP contribution in [0.2, 0.25) is 0 Å². The number of hydrogen-bond acceptors (Lipinski definition) is 0. The maximum absolute atomic E-state index is 16.1. The zero-order chi connectivity index (χ0) is 38.0. The van der Waals surface area contributed by atoms with E-state index in [4.69, 9.17) is 0 Å². The lowest BCUT2D eigenvalue weighted by Crippen LogP contribution is -3.04. The molecule has 2 atom stereocenters. The van der Waals surface area contributed by atoms with Crippen LogP contribution in [-0.2, 0) is 0 Å². The monoisotopic (exact) mass is 762 g/mol. The summed E-state index contributed by atoms with van der Waals surface area (Å²) in [6, 6.07) is 0. The van der Waals surface area contributed by atoms with Gasteiger partial charge in [0.05, 0.1) is 0 Å². The van der Waals surface area contributed by atoms with E-state index in [1.54, 1.807) is 0 Å². The highest BCUT2D eigenvalue weighted by molar-refractivity contribution is 5.49. The summed E-state index contributed by atoms with van der Waals surface area (Å²) in [5.41, 5.74) is -55.5. The van der Waals surface area contributed by atoms with Gasteiger partial charge < -0.3 is 0 Å². The summed E-state index contributed by atoms with van der Waals surface area (Å²) in [4.78, 5) is 0. The van der Waals surface area contributed by atoms with Gasteiger partial charge in [0, 0.05) is 0 Å². The Morgan fingerprint density at radius 3 is 0.587 bits per heavy atom. The first-order valence-corrected chi connectivity index (χ1v) is 9.92. The van der Waals surface area contributed by atoms with Crippen molar-refractivity contribution in [1.82, 2.24) is 0 Å². The predicted octanol–water partition coefficient (Wildman–Crippen LogP) is 9.53. The van der Waals surface area contributed by atoms with Crippen molar-refractivity contribution in [2.24, 2.45) is 5.41 Å². The number of hydrogen-bond donors (Lipinski definition) is 0. The average molecular weight is 762 g/mol. The second-order valence-electron chi connectivity index (χ2n) is 9.40. The SMILES string of the molecule is FC(F)(F)C(F)(C(F)(F)F)C1(C(F)(C(F)(F)F)C(F)(F)F)C(F)(F)C(F)(F)C(F)(F)C2(F)C(F)(F)C(F)(F)C(F)(F)C(F)(F)C21F. The normalized spacial score (nSPS) is 33.3. The molecule has 2 unspecified atom stereocenters. The first-order chi connectivity index (χ1) is 19.2. The minimum atomic E-state index is -11.7. The highest BCUT2D eigenvalue weighted by Gasteiger charge is 3.21. The Labute approximate surface area is 227 Å². The van der Waals surface area contributed by atoms with Crippen LogP contribution in [0.15, 0.2) is 0 Å². The molecule has 0 amide bonds. The third kappa shape index (κ3) is 3.08. The van der Waals surface area contributed by atoms with Crippen molar-refractivity contribution in [3.8, 4) is 0 Å². The van der Waals surface area contributed by atoms with Crippen LogP contribution < -0.4 is 0 Å². The van der Waals surface area contributed by atoms with Gasteiger partial charge in [0.25, 0.3) is 5.67 Å². The third-order valence-electron chi connectivity index (χ3n) is 7.33. The van der Waals surface area contributed by atoms with E-state index in [0.29, 0.717) is 0 Å². The lowest BCUT2D eigenvalue weighted by Gasteiger charge is -2.71. The Balaban J connectivity index is 4.04. The molecule has 46 heavy (non-hydrogen) atoms. The molecule has 0 N–H and O–H groups in total. The van der Waals surface area contributed by atoms with Gasteiger partial charge >= 0.3 is 77.5 Å². The van der Waals surface area contributed by atoms with Gasteiger partial charge in [0.2, 0.25) is 5.67 Å². The molecular weight excluding hydrogens is 762 g/mol. The Hall–Kier alpha value is -2.10. The van der Waals surface area contributed by atoms with Crippen LogP contribution >= 0.6 is 0 Å². The molecule has 30 heteroatoms. The molecule has 2 fully saturated rings. The molecule has 2 aliphatic rings. The van der Waals surface area contributed by atoms with E-state index in [9.17, 15) is 105 Å². The standard InChI is InChI=1S/C16F30/c17-2-1(3(18,13(35,36)37)14(38,39)40,4(19,15(41,42)43)16(44,45)46)6(21,22)10(29,30)8(25,26)5(2,20)9(27,28)12(33,34)11(31,32)7(2,23)24. The Kier molecular flexibility index (Phi) is 7.44. The number of alkyl halides is 30. The van der Waals surface area contributed by atoms with Gasteiger partial charge in [-0.05, 0) is 0 Å². The molecule has 2 rings (SSSR count). The van der Waals surface area contributed by atoms with Crippen molar-refractivity contribution in [3.05, 3.63) is 0 Å². The van der Waals surface area contributed by atoms with Gasteiger partial charge in [-0.3, -0.25) is 0 Å². The van der Waals surface area contributed by atoms with Crippen molar-refractivity contribution >= 4 is 0 Å². The molecule has 0 heterocycles. The summed E-state index contributed by atoms with van der Waals surface area (Å²) in [6.07, 6.45) is -40.0. The largest absolute Gasteiger partial charge is 0.432 e. The number of fused-ring (bicyclic) bond motifs is 1. The maximum Gasteiger partial charge on any atom is 0.432 e. The summed E-state index contributed by atoms with van der Waals surface area (Å²) in [7, 11) is 0. The molecule has 0 radical (unpaired) electrons. The minimum Gasteiger partial charge on any atom is -0.232 e. The van der Waals surface area contributed by atoms with E-state index in [0.717, 1.165) is 0 Å². The number of halogens is 30.